The third-order valence-corrected chi connectivity index (χ3v) is 6.16. The molecule has 1 saturated heterocycles. The molecule has 9 nitrogen and oxygen atoms in total. The number of phenols is 1. The molecule has 1 heterocycles. The number of phenolic OH excluding ortho intramolecular Hbond substituents is 1. The van der Waals surface area contributed by atoms with Gasteiger partial charge in [-0.2, -0.15) is 0 Å². The summed E-state index contributed by atoms with van der Waals surface area (Å²) in [6.45, 7) is 2.64. The number of likely N-dealkylation sites (tertiary alicyclic amines) is 1. The number of amides is 1. The van der Waals surface area contributed by atoms with E-state index in [1.54, 1.807) is 7.11 Å². The fraction of sp³-hybridized carbons (Fsp3) is 0.571. The lowest BCUT2D eigenvalue weighted by molar-refractivity contribution is -0.159. The second-order valence-electron chi connectivity index (χ2n) is 7.78. The molecule has 1 aromatic rings. The average Bonchev–Trinajstić information content (AvgIpc) is 3.24. The molecule has 1 aliphatic heterocycles. The van der Waals surface area contributed by atoms with Crippen LogP contribution in [0.5, 0.6) is 11.5 Å². The first-order valence-electron chi connectivity index (χ1n) is 10.3. The standard InChI is InChI=1S/C19H27BrN2O3.C2H2O4/c1-25-17-11-13(10-16(20)18(17)23)12-22-8-6-14(7-9-22)19(24)21-15-4-2-3-5-15;3-1(4)2(5)6/h10-11,14-15,23H,2-9,12H2,1H3,(H,21,24);(H,3,4)(H,5,6). The van der Waals surface area contributed by atoms with Crippen LogP contribution in [0.3, 0.4) is 0 Å². The minimum absolute atomic E-state index is 0.133. The Morgan fingerprint density at radius 1 is 1.10 bits per heavy atom. The van der Waals surface area contributed by atoms with E-state index in [0.717, 1.165) is 50.9 Å². The average molecular weight is 501 g/mol. The summed E-state index contributed by atoms with van der Waals surface area (Å²) >= 11 is 3.37. The molecule has 31 heavy (non-hydrogen) atoms. The molecule has 10 heteroatoms. The molecule has 1 aromatic carbocycles. The number of ether oxygens (including phenoxy) is 1. The second kappa shape index (κ2) is 11.9. The van der Waals surface area contributed by atoms with Crippen LogP contribution in [-0.4, -0.2) is 64.3 Å². The molecule has 0 aromatic heterocycles. The molecule has 0 bridgehead atoms. The van der Waals surface area contributed by atoms with Crippen molar-refractivity contribution in [3.63, 3.8) is 0 Å². The van der Waals surface area contributed by atoms with Crippen LogP contribution in [0.15, 0.2) is 16.6 Å². The highest BCUT2D eigenvalue weighted by Crippen LogP contribution is 2.35. The first kappa shape index (κ1) is 24.9. The Labute approximate surface area is 189 Å². The van der Waals surface area contributed by atoms with Crippen LogP contribution in [0, 0.1) is 5.92 Å². The lowest BCUT2D eigenvalue weighted by Gasteiger charge is -2.32. The number of hydrogen-bond donors (Lipinski definition) is 4. The topological polar surface area (TPSA) is 136 Å². The van der Waals surface area contributed by atoms with E-state index in [9.17, 15) is 9.90 Å². The van der Waals surface area contributed by atoms with Crippen molar-refractivity contribution >= 4 is 33.8 Å². The van der Waals surface area contributed by atoms with Crippen LogP contribution >= 0.6 is 15.9 Å². The van der Waals surface area contributed by atoms with Gasteiger partial charge in [-0.25, -0.2) is 9.59 Å². The maximum Gasteiger partial charge on any atom is 0.414 e. The Morgan fingerprint density at radius 2 is 1.68 bits per heavy atom. The molecule has 0 unspecified atom stereocenters. The van der Waals surface area contributed by atoms with Gasteiger partial charge in [-0.3, -0.25) is 9.69 Å². The van der Waals surface area contributed by atoms with Crippen LogP contribution in [0.4, 0.5) is 0 Å². The number of carboxylic acid groups (broad SMARTS) is 2. The number of aromatic hydroxyl groups is 1. The maximum absolute atomic E-state index is 12.4. The van der Waals surface area contributed by atoms with Crippen LogP contribution in [0.2, 0.25) is 0 Å². The highest BCUT2D eigenvalue weighted by molar-refractivity contribution is 9.10. The number of nitrogens with one attached hydrogen (secondary N) is 1. The third-order valence-electron chi connectivity index (χ3n) is 5.56. The fourth-order valence-corrected chi connectivity index (χ4v) is 4.36. The van der Waals surface area contributed by atoms with E-state index in [1.165, 1.54) is 12.8 Å². The summed E-state index contributed by atoms with van der Waals surface area (Å²) in [7, 11) is 1.56. The SMILES string of the molecule is COc1cc(CN2CCC(C(=O)NC3CCCC3)CC2)cc(Br)c1O.O=C(O)C(=O)O. The molecule has 0 radical (unpaired) electrons. The first-order chi connectivity index (χ1) is 14.7. The molecule has 2 fully saturated rings. The molecular weight excluding hydrogens is 472 g/mol. The summed E-state index contributed by atoms with van der Waals surface area (Å²) < 4.78 is 5.86. The lowest BCUT2D eigenvalue weighted by atomic mass is 9.95. The van der Waals surface area contributed by atoms with E-state index in [0.29, 0.717) is 16.3 Å². The van der Waals surface area contributed by atoms with E-state index >= 15 is 0 Å². The molecule has 0 atom stereocenters. The third kappa shape index (κ3) is 7.70. The van der Waals surface area contributed by atoms with Crippen molar-refractivity contribution in [2.75, 3.05) is 20.2 Å². The van der Waals surface area contributed by atoms with Crippen LogP contribution in [-0.2, 0) is 20.9 Å². The molecule has 1 aliphatic carbocycles. The van der Waals surface area contributed by atoms with E-state index in [4.69, 9.17) is 24.5 Å². The predicted molar refractivity (Wildman–Crippen MR) is 116 cm³/mol. The van der Waals surface area contributed by atoms with E-state index in [-0.39, 0.29) is 17.6 Å². The monoisotopic (exact) mass is 500 g/mol. The zero-order chi connectivity index (χ0) is 23.0. The van der Waals surface area contributed by atoms with Crippen molar-refractivity contribution in [2.24, 2.45) is 5.92 Å². The predicted octanol–water partition coefficient (Wildman–Crippen LogP) is 2.59. The van der Waals surface area contributed by atoms with Crippen LogP contribution < -0.4 is 10.1 Å². The van der Waals surface area contributed by atoms with Gasteiger partial charge in [0.2, 0.25) is 5.91 Å². The van der Waals surface area contributed by atoms with Gasteiger partial charge >= 0.3 is 11.9 Å². The van der Waals surface area contributed by atoms with Gasteiger partial charge in [-0.05, 0) is 72.4 Å². The maximum atomic E-state index is 12.4. The summed E-state index contributed by atoms with van der Waals surface area (Å²) in [4.78, 5) is 33.0. The minimum Gasteiger partial charge on any atom is -0.503 e. The molecule has 0 spiro atoms. The van der Waals surface area contributed by atoms with Gasteiger partial charge in [0.25, 0.3) is 0 Å². The number of rotatable bonds is 5. The van der Waals surface area contributed by atoms with Crippen molar-refractivity contribution in [1.29, 1.82) is 0 Å². The zero-order valence-electron chi connectivity index (χ0n) is 17.5. The number of carbonyl (C=O) groups excluding carboxylic acids is 1. The fourth-order valence-electron chi connectivity index (χ4n) is 3.87. The van der Waals surface area contributed by atoms with Gasteiger partial charge in [0.1, 0.15) is 0 Å². The Bertz CT molecular complexity index is 776. The number of aliphatic carboxylic acids is 2. The molecule has 1 amide bonds. The molecular formula is C21H29BrN2O7. The molecule has 4 N–H and O–H groups in total. The minimum atomic E-state index is -1.82. The van der Waals surface area contributed by atoms with Gasteiger partial charge in [0.05, 0.1) is 11.6 Å². The summed E-state index contributed by atoms with van der Waals surface area (Å²) in [6.07, 6.45) is 6.60. The highest BCUT2D eigenvalue weighted by atomic mass is 79.9. The molecule has 3 rings (SSSR count). The Hall–Kier alpha value is -2.33. The number of halogens is 1. The van der Waals surface area contributed by atoms with Crippen molar-refractivity contribution in [1.82, 2.24) is 10.2 Å². The summed E-state index contributed by atoms with van der Waals surface area (Å²) in [6, 6.07) is 4.21. The number of piperidine rings is 1. The molecule has 1 saturated carbocycles. The normalized spacial score (nSPS) is 17.5. The van der Waals surface area contributed by atoms with Gasteiger partial charge in [-0.15, -0.1) is 0 Å². The quantitative estimate of drug-likeness (QED) is 0.452. The molecule has 2 aliphatic rings. The van der Waals surface area contributed by atoms with Crippen molar-refractivity contribution in [3.05, 3.63) is 22.2 Å². The van der Waals surface area contributed by atoms with Gasteiger partial charge in [0.15, 0.2) is 11.5 Å². The van der Waals surface area contributed by atoms with E-state index in [1.807, 2.05) is 12.1 Å². The number of nitrogens with zero attached hydrogens (tertiary/aromatic N) is 1. The Balaban J connectivity index is 0.000000501. The van der Waals surface area contributed by atoms with Gasteiger partial charge < -0.3 is 25.4 Å². The number of benzene rings is 1. The number of carbonyl (C=O) groups is 3. The summed E-state index contributed by atoms with van der Waals surface area (Å²) in [5.41, 5.74) is 1.09. The van der Waals surface area contributed by atoms with Crippen LogP contribution in [0.1, 0.15) is 44.1 Å². The van der Waals surface area contributed by atoms with Gasteiger partial charge in [0, 0.05) is 18.5 Å². The number of carboxylic acids is 2. The van der Waals surface area contributed by atoms with Crippen LogP contribution in [0.25, 0.3) is 0 Å². The number of methoxy groups -OCH3 is 1. The van der Waals surface area contributed by atoms with E-state index in [2.05, 4.69) is 26.1 Å². The Kier molecular flexibility index (Phi) is 9.57. The molecule has 172 valence electrons. The Morgan fingerprint density at radius 3 is 2.19 bits per heavy atom. The number of hydrogen-bond acceptors (Lipinski definition) is 6. The first-order valence-corrected chi connectivity index (χ1v) is 11.0. The zero-order valence-corrected chi connectivity index (χ0v) is 19.1. The van der Waals surface area contributed by atoms with Crippen molar-refractivity contribution in [3.8, 4) is 11.5 Å². The van der Waals surface area contributed by atoms with E-state index < -0.39 is 11.9 Å². The summed E-state index contributed by atoms with van der Waals surface area (Å²) in [5.74, 6) is -2.63. The van der Waals surface area contributed by atoms with Crippen molar-refractivity contribution in [2.45, 2.75) is 51.1 Å². The largest absolute Gasteiger partial charge is 0.503 e. The lowest BCUT2D eigenvalue weighted by Crippen LogP contribution is -2.42. The smallest absolute Gasteiger partial charge is 0.414 e. The highest BCUT2D eigenvalue weighted by Gasteiger charge is 2.27. The van der Waals surface area contributed by atoms with Gasteiger partial charge in [-0.1, -0.05) is 12.8 Å². The van der Waals surface area contributed by atoms with Crippen molar-refractivity contribution < 1.29 is 34.4 Å². The second-order valence-corrected chi connectivity index (χ2v) is 8.63. The summed E-state index contributed by atoms with van der Waals surface area (Å²) in [5, 5.41) is 27.9.